The van der Waals surface area contributed by atoms with Crippen LogP contribution < -0.4 is 16.0 Å². The van der Waals surface area contributed by atoms with Gasteiger partial charge in [-0.3, -0.25) is 14.6 Å². The minimum Gasteiger partial charge on any atom is -0.453 e. The fourth-order valence-corrected chi connectivity index (χ4v) is 7.24. The summed E-state index contributed by atoms with van der Waals surface area (Å²) in [7, 11) is 1.23. The molecule has 3 aromatic rings. The van der Waals surface area contributed by atoms with Gasteiger partial charge in [-0.05, 0) is 53.4 Å². The third-order valence-corrected chi connectivity index (χ3v) is 10.3. The number of ether oxygens (including phenoxy) is 1. The summed E-state index contributed by atoms with van der Waals surface area (Å²) in [5.74, 6) is -0.964. The van der Waals surface area contributed by atoms with Crippen molar-refractivity contribution in [2.75, 3.05) is 26.8 Å². The number of methoxy groups -OCH3 is 1. The van der Waals surface area contributed by atoms with Crippen LogP contribution in [0.25, 0.3) is 0 Å². The van der Waals surface area contributed by atoms with E-state index < -0.39 is 53.1 Å². The van der Waals surface area contributed by atoms with E-state index in [0.29, 0.717) is 25.2 Å². The first kappa shape index (κ1) is 44.7. The second-order valence-electron chi connectivity index (χ2n) is 17.2. The van der Waals surface area contributed by atoms with Crippen LogP contribution >= 0.6 is 0 Å². The van der Waals surface area contributed by atoms with Crippen LogP contribution in [-0.4, -0.2) is 106 Å². The Kier molecular flexibility index (Phi) is 15.6. The van der Waals surface area contributed by atoms with Crippen molar-refractivity contribution in [1.29, 1.82) is 0 Å². The molecule has 5 amide bonds. The van der Waals surface area contributed by atoms with Crippen molar-refractivity contribution in [3.63, 3.8) is 0 Å². The standard InChI is InChI=1S/C44H62N6O7/c1-29(28-51)34-21-15-20-32(45-34)27-49-22-23-50(42(49)56)38(44(5,6)7)40(54)46-33(24-30-16-11-9-12-17-30)26-36(52)35(25-31-18-13-10-14-19-31)47-39(53)37(43(2,3)4)48-41(55)57-8/h9-21,29,33,35-38,51-52H,22-28H2,1-8H3,(H,46,54)(H,47,53)(H,48,55). The zero-order chi connectivity index (χ0) is 41.9. The quantitative estimate of drug-likeness (QED) is 0.130. The number of hydrogen-bond acceptors (Lipinski definition) is 8. The highest BCUT2D eigenvalue weighted by molar-refractivity contribution is 5.89. The van der Waals surface area contributed by atoms with Gasteiger partial charge >= 0.3 is 12.1 Å². The molecule has 0 radical (unpaired) electrons. The molecule has 0 bridgehead atoms. The number of pyridine rings is 1. The van der Waals surface area contributed by atoms with Crippen LogP contribution in [0.4, 0.5) is 9.59 Å². The van der Waals surface area contributed by atoms with E-state index in [9.17, 15) is 29.4 Å². The predicted octanol–water partition coefficient (Wildman–Crippen LogP) is 4.81. The zero-order valence-corrected chi connectivity index (χ0v) is 34.7. The van der Waals surface area contributed by atoms with Crippen molar-refractivity contribution in [1.82, 2.24) is 30.7 Å². The average Bonchev–Trinajstić information content (AvgIpc) is 3.50. The molecule has 5 N–H and O–H groups in total. The van der Waals surface area contributed by atoms with E-state index in [-0.39, 0.29) is 43.8 Å². The molecule has 6 atom stereocenters. The minimum absolute atomic E-state index is 0.0357. The van der Waals surface area contributed by atoms with Gasteiger partial charge in [0.2, 0.25) is 11.8 Å². The summed E-state index contributed by atoms with van der Waals surface area (Å²) < 4.78 is 4.80. The number of benzene rings is 2. The highest BCUT2D eigenvalue weighted by Gasteiger charge is 2.44. The molecule has 1 saturated heterocycles. The Bertz CT molecular complexity index is 1780. The Balaban J connectivity index is 1.59. The van der Waals surface area contributed by atoms with Gasteiger partial charge in [-0.1, -0.05) is 115 Å². The van der Waals surface area contributed by atoms with Crippen molar-refractivity contribution in [2.24, 2.45) is 10.8 Å². The van der Waals surface area contributed by atoms with Crippen LogP contribution in [0.5, 0.6) is 0 Å². The Morgan fingerprint density at radius 1 is 0.807 bits per heavy atom. The molecule has 1 aliphatic rings. The maximum Gasteiger partial charge on any atom is 0.407 e. The first-order valence-corrected chi connectivity index (χ1v) is 19.7. The van der Waals surface area contributed by atoms with Gasteiger partial charge in [0, 0.05) is 30.7 Å². The number of alkyl carbamates (subject to hydrolysis) is 1. The molecule has 1 aromatic heterocycles. The first-order chi connectivity index (χ1) is 26.9. The lowest BCUT2D eigenvalue weighted by atomic mass is 9.84. The largest absolute Gasteiger partial charge is 0.453 e. The van der Waals surface area contributed by atoms with Crippen LogP contribution in [0.1, 0.15) is 83.3 Å². The number of hydrogen-bond donors (Lipinski definition) is 5. The fourth-order valence-electron chi connectivity index (χ4n) is 7.24. The van der Waals surface area contributed by atoms with Gasteiger partial charge in [0.1, 0.15) is 12.1 Å². The Hall–Kier alpha value is -5.01. The second kappa shape index (κ2) is 19.9. The third kappa shape index (κ3) is 12.7. The molecular formula is C44H62N6O7. The normalized spacial score (nSPS) is 16.6. The van der Waals surface area contributed by atoms with E-state index in [1.54, 1.807) is 9.80 Å². The van der Waals surface area contributed by atoms with Gasteiger partial charge < -0.3 is 40.7 Å². The van der Waals surface area contributed by atoms with E-state index in [2.05, 4.69) is 20.9 Å². The maximum absolute atomic E-state index is 14.5. The molecular weight excluding hydrogens is 725 g/mol. The van der Waals surface area contributed by atoms with Gasteiger partial charge in [0.25, 0.3) is 0 Å². The molecule has 2 heterocycles. The van der Waals surface area contributed by atoms with Crippen molar-refractivity contribution in [3.8, 4) is 0 Å². The average molecular weight is 787 g/mol. The van der Waals surface area contributed by atoms with Crippen LogP contribution in [0.15, 0.2) is 78.9 Å². The Morgan fingerprint density at radius 3 is 1.98 bits per heavy atom. The highest BCUT2D eigenvalue weighted by atomic mass is 16.5. The predicted molar refractivity (Wildman–Crippen MR) is 219 cm³/mol. The summed E-state index contributed by atoms with van der Waals surface area (Å²) in [4.78, 5) is 62.6. The van der Waals surface area contributed by atoms with Gasteiger partial charge in [-0.15, -0.1) is 0 Å². The van der Waals surface area contributed by atoms with E-state index >= 15 is 0 Å². The smallest absolute Gasteiger partial charge is 0.407 e. The molecule has 13 heteroatoms. The second-order valence-corrected chi connectivity index (χ2v) is 17.2. The number of aliphatic hydroxyl groups is 2. The van der Waals surface area contributed by atoms with E-state index in [1.165, 1.54) is 7.11 Å². The van der Waals surface area contributed by atoms with Crippen molar-refractivity contribution in [2.45, 2.75) is 110 Å². The summed E-state index contributed by atoms with van der Waals surface area (Å²) in [5, 5.41) is 30.5. The number of nitrogens with zero attached hydrogens (tertiary/aromatic N) is 3. The number of rotatable bonds is 17. The monoisotopic (exact) mass is 786 g/mol. The van der Waals surface area contributed by atoms with Crippen LogP contribution in [0.2, 0.25) is 0 Å². The third-order valence-electron chi connectivity index (χ3n) is 10.3. The minimum atomic E-state index is -1.13. The lowest BCUT2D eigenvalue weighted by Crippen LogP contribution is -2.59. The lowest BCUT2D eigenvalue weighted by molar-refractivity contribution is -0.130. The number of nitrogens with one attached hydrogen (secondary N) is 3. The molecule has 4 rings (SSSR count). The number of aromatic nitrogens is 1. The van der Waals surface area contributed by atoms with Crippen LogP contribution in [0, 0.1) is 10.8 Å². The van der Waals surface area contributed by atoms with E-state index in [4.69, 9.17) is 4.74 Å². The molecule has 6 unspecified atom stereocenters. The number of aliphatic hydroxyl groups excluding tert-OH is 2. The molecule has 1 fully saturated rings. The maximum atomic E-state index is 14.5. The van der Waals surface area contributed by atoms with Crippen molar-refractivity contribution >= 4 is 23.9 Å². The molecule has 2 aromatic carbocycles. The fraction of sp³-hybridized carbons (Fsp3) is 0.523. The van der Waals surface area contributed by atoms with E-state index in [1.807, 2.05) is 127 Å². The van der Waals surface area contributed by atoms with E-state index in [0.717, 1.165) is 16.8 Å². The van der Waals surface area contributed by atoms with Gasteiger partial charge in [0.15, 0.2) is 0 Å². The number of carbonyl (C=O) groups excluding carboxylic acids is 4. The van der Waals surface area contributed by atoms with Gasteiger partial charge in [0.05, 0.1) is 38.1 Å². The van der Waals surface area contributed by atoms with Crippen molar-refractivity contribution < 1.29 is 34.1 Å². The summed E-state index contributed by atoms with van der Waals surface area (Å²) in [6.45, 7) is 14.1. The summed E-state index contributed by atoms with van der Waals surface area (Å²) in [5.41, 5.74) is 1.92. The topological polar surface area (TPSA) is 173 Å². The van der Waals surface area contributed by atoms with Gasteiger partial charge in [-0.25, -0.2) is 9.59 Å². The van der Waals surface area contributed by atoms with Gasteiger partial charge in [-0.2, -0.15) is 0 Å². The molecule has 13 nitrogen and oxygen atoms in total. The molecule has 0 saturated carbocycles. The SMILES string of the molecule is COC(=O)NC(C(=O)NC(Cc1ccccc1)C(O)CC(Cc1ccccc1)NC(=O)C(N1CCN(Cc2cccc(C(C)CO)n2)C1=O)C(C)(C)C)C(C)(C)C. The molecule has 0 spiro atoms. The summed E-state index contributed by atoms with van der Waals surface area (Å²) >= 11 is 0. The molecule has 57 heavy (non-hydrogen) atoms. The van der Waals surface area contributed by atoms with Crippen LogP contribution in [-0.2, 0) is 33.7 Å². The number of urea groups is 1. The summed E-state index contributed by atoms with van der Waals surface area (Å²) in [6, 6.07) is 21.2. The Morgan fingerprint density at radius 2 is 1.42 bits per heavy atom. The Labute approximate surface area is 337 Å². The lowest BCUT2D eigenvalue weighted by Gasteiger charge is -2.38. The van der Waals surface area contributed by atoms with Crippen molar-refractivity contribution in [3.05, 3.63) is 101 Å². The summed E-state index contributed by atoms with van der Waals surface area (Å²) in [6.07, 6.45) is -1.13. The highest BCUT2D eigenvalue weighted by Crippen LogP contribution is 2.29. The zero-order valence-electron chi connectivity index (χ0n) is 34.7. The first-order valence-electron chi connectivity index (χ1n) is 19.7. The molecule has 1 aliphatic heterocycles. The van der Waals surface area contributed by atoms with Crippen LogP contribution in [0.3, 0.4) is 0 Å². The molecule has 310 valence electrons. The molecule has 0 aliphatic carbocycles. The number of carbonyl (C=O) groups is 4. The number of amides is 5.